The molecule has 0 radical (unpaired) electrons. The van der Waals surface area contributed by atoms with E-state index in [9.17, 15) is 14.9 Å². The molecular formula is C19H21ClN4O3. The van der Waals surface area contributed by atoms with Crippen LogP contribution in [0.5, 0.6) is 0 Å². The number of hydrogen-bond acceptors (Lipinski definition) is 5. The molecular weight excluding hydrogens is 368 g/mol. The summed E-state index contributed by atoms with van der Waals surface area (Å²) in [5, 5.41) is 13.9. The van der Waals surface area contributed by atoms with E-state index in [4.69, 9.17) is 11.6 Å². The average molecular weight is 389 g/mol. The first-order valence-corrected chi connectivity index (χ1v) is 9.12. The van der Waals surface area contributed by atoms with E-state index < -0.39 is 4.92 Å². The van der Waals surface area contributed by atoms with Crippen molar-refractivity contribution in [2.24, 2.45) is 0 Å². The second-order valence-corrected chi connectivity index (χ2v) is 6.85. The maximum atomic E-state index is 12.6. The molecule has 1 saturated heterocycles. The van der Waals surface area contributed by atoms with Crippen molar-refractivity contribution in [3.8, 4) is 0 Å². The van der Waals surface area contributed by atoms with Crippen molar-refractivity contribution in [3.63, 3.8) is 0 Å². The summed E-state index contributed by atoms with van der Waals surface area (Å²) in [6, 6.07) is 13.8. The predicted octanol–water partition coefficient (Wildman–Crippen LogP) is 3.40. The Morgan fingerprint density at radius 1 is 1.15 bits per heavy atom. The minimum atomic E-state index is -0.516. The third-order valence-electron chi connectivity index (χ3n) is 4.78. The van der Waals surface area contributed by atoms with Crippen molar-refractivity contribution in [2.45, 2.75) is 13.0 Å². The molecule has 0 saturated carbocycles. The third kappa shape index (κ3) is 4.56. The number of hydrogen-bond donors (Lipinski definition) is 1. The van der Waals surface area contributed by atoms with E-state index in [1.54, 1.807) is 0 Å². The molecule has 1 N–H and O–H groups in total. The molecule has 0 spiro atoms. The van der Waals surface area contributed by atoms with Gasteiger partial charge in [-0.1, -0.05) is 29.8 Å². The first-order chi connectivity index (χ1) is 13.0. The van der Waals surface area contributed by atoms with E-state index >= 15 is 0 Å². The minimum absolute atomic E-state index is 0.112. The van der Waals surface area contributed by atoms with Gasteiger partial charge in [0.05, 0.1) is 21.7 Å². The van der Waals surface area contributed by atoms with Crippen LogP contribution in [0.4, 0.5) is 17.1 Å². The SMILES string of the molecule is C[C@H](C(=O)Nc1cc([N+](=O)[O-])ccc1Cl)N1CCN(c2ccccc2)CC1. The number of nitrogens with zero attached hydrogens (tertiary/aromatic N) is 3. The highest BCUT2D eigenvalue weighted by molar-refractivity contribution is 6.33. The molecule has 1 aliphatic heterocycles. The number of para-hydroxylation sites is 1. The van der Waals surface area contributed by atoms with Gasteiger partial charge in [-0.25, -0.2) is 0 Å². The van der Waals surface area contributed by atoms with Gasteiger partial charge in [0, 0.05) is 44.0 Å². The predicted molar refractivity (Wildman–Crippen MR) is 106 cm³/mol. The minimum Gasteiger partial charge on any atom is -0.369 e. The number of carbonyl (C=O) groups excluding carboxylic acids is 1. The molecule has 8 heteroatoms. The Labute approximate surface area is 162 Å². The Morgan fingerprint density at radius 2 is 1.81 bits per heavy atom. The van der Waals surface area contributed by atoms with Crippen LogP contribution in [0.1, 0.15) is 6.92 Å². The Balaban J connectivity index is 1.60. The van der Waals surface area contributed by atoms with Crippen LogP contribution in [-0.4, -0.2) is 48.0 Å². The Kier molecular flexibility index (Phi) is 5.93. The molecule has 142 valence electrons. The van der Waals surface area contributed by atoms with E-state index in [2.05, 4.69) is 27.2 Å². The van der Waals surface area contributed by atoms with Crippen molar-refractivity contribution in [2.75, 3.05) is 36.4 Å². The van der Waals surface area contributed by atoms with Gasteiger partial charge in [0.15, 0.2) is 0 Å². The highest BCUT2D eigenvalue weighted by atomic mass is 35.5. The van der Waals surface area contributed by atoms with Gasteiger partial charge in [0.1, 0.15) is 0 Å². The van der Waals surface area contributed by atoms with Gasteiger partial charge in [0.2, 0.25) is 5.91 Å². The van der Waals surface area contributed by atoms with Crippen LogP contribution in [0, 0.1) is 10.1 Å². The number of benzene rings is 2. The number of nitro benzene ring substituents is 1. The van der Waals surface area contributed by atoms with E-state index in [0.29, 0.717) is 0 Å². The van der Waals surface area contributed by atoms with Crippen LogP contribution in [0.25, 0.3) is 0 Å². The number of nitro groups is 1. The summed E-state index contributed by atoms with van der Waals surface area (Å²) < 4.78 is 0. The van der Waals surface area contributed by atoms with Crippen LogP contribution in [-0.2, 0) is 4.79 Å². The first kappa shape index (κ1) is 19.1. The molecule has 7 nitrogen and oxygen atoms in total. The molecule has 2 aromatic carbocycles. The molecule has 0 aromatic heterocycles. The molecule has 1 atom stereocenters. The quantitative estimate of drug-likeness (QED) is 0.627. The number of anilines is 2. The van der Waals surface area contributed by atoms with Gasteiger partial charge >= 0.3 is 0 Å². The van der Waals surface area contributed by atoms with E-state index in [-0.39, 0.29) is 28.3 Å². The maximum Gasteiger partial charge on any atom is 0.271 e. The number of piperazine rings is 1. The van der Waals surface area contributed by atoms with E-state index in [1.807, 2.05) is 25.1 Å². The van der Waals surface area contributed by atoms with Crippen molar-refractivity contribution in [1.82, 2.24) is 4.90 Å². The zero-order valence-electron chi connectivity index (χ0n) is 15.0. The normalized spacial score (nSPS) is 16.0. The lowest BCUT2D eigenvalue weighted by Gasteiger charge is -2.38. The lowest BCUT2D eigenvalue weighted by molar-refractivity contribution is -0.384. The summed E-state index contributed by atoms with van der Waals surface area (Å²) in [4.78, 5) is 27.4. The lowest BCUT2D eigenvalue weighted by Crippen LogP contribution is -2.52. The van der Waals surface area contributed by atoms with Crippen molar-refractivity contribution < 1.29 is 9.72 Å². The number of rotatable bonds is 5. The Hall–Kier alpha value is -2.64. The Morgan fingerprint density at radius 3 is 2.44 bits per heavy atom. The van der Waals surface area contributed by atoms with E-state index in [1.165, 1.54) is 23.9 Å². The largest absolute Gasteiger partial charge is 0.369 e. The number of halogens is 1. The van der Waals surface area contributed by atoms with Crippen LogP contribution in [0.3, 0.4) is 0 Å². The van der Waals surface area contributed by atoms with Gasteiger partial charge in [0.25, 0.3) is 5.69 Å². The highest BCUT2D eigenvalue weighted by Gasteiger charge is 2.26. The standard InChI is InChI=1S/C19H21ClN4O3/c1-14(19(25)21-18-13-16(24(26)27)7-8-17(18)20)22-9-11-23(12-10-22)15-5-3-2-4-6-15/h2-8,13-14H,9-12H2,1H3,(H,21,25)/t14-/m1/s1. The molecule has 1 amide bonds. The average Bonchev–Trinajstić information content (AvgIpc) is 2.69. The summed E-state index contributed by atoms with van der Waals surface area (Å²) in [6.45, 7) is 5.01. The lowest BCUT2D eigenvalue weighted by atomic mass is 10.2. The summed E-state index contributed by atoms with van der Waals surface area (Å²) >= 11 is 6.06. The van der Waals surface area contributed by atoms with Gasteiger partial charge in [-0.2, -0.15) is 0 Å². The number of nitrogens with one attached hydrogen (secondary N) is 1. The molecule has 0 unspecified atom stereocenters. The fourth-order valence-electron chi connectivity index (χ4n) is 3.13. The second-order valence-electron chi connectivity index (χ2n) is 6.45. The van der Waals surface area contributed by atoms with Crippen LogP contribution < -0.4 is 10.2 Å². The number of amides is 1. The van der Waals surface area contributed by atoms with Crippen molar-refractivity contribution in [1.29, 1.82) is 0 Å². The van der Waals surface area contributed by atoms with Gasteiger partial charge in [-0.05, 0) is 25.1 Å². The molecule has 0 aliphatic carbocycles. The fourth-order valence-corrected chi connectivity index (χ4v) is 3.30. The molecule has 27 heavy (non-hydrogen) atoms. The molecule has 1 heterocycles. The van der Waals surface area contributed by atoms with Crippen LogP contribution >= 0.6 is 11.6 Å². The molecule has 1 fully saturated rings. The van der Waals surface area contributed by atoms with E-state index in [0.717, 1.165) is 26.2 Å². The van der Waals surface area contributed by atoms with Crippen LogP contribution in [0.2, 0.25) is 5.02 Å². The molecule has 2 aromatic rings. The highest BCUT2D eigenvalue weighted by Crippen LogP contribution is 2.27. The van der Waals surface area contributed by atoms with Crippen LogP contribution in [0.15, 0.2) is 48.5 Å². The molecule has 3 rings (SSSR count). The zero-order valence-corrected chi connectivity index (χ0v) is 15.7. The van der Waals surface area contributed by atoms with Crippen molar-refractivity contribution in [3.05, 3.63) is 63.7 Å². The third-order valence-corrected chi connectivity index (χ3v) is 5.11. The Bertz CT molecular complexity index is 823. The second kappa shape index (κ2) is 8.37. The van der Waals surface area contributed by atoms with Gasteiger partial charge in [-0.3, -0.25) is 19.8 Å². The maximum absolute atomic E-state index is 12.6. The first-order valence-electron chi connectivity index (χ1n) is 8.74. The monoisotopic (exact) mass is 388 g/mol. The topological polar surface area (TPSA) is 78.7 Å². The summed E-state index contributed by atoms with van der Waals surface area (Å²) in [5.41, 5.74) is 1.32. The summed E-state index contributed by atoms with van der Waals surface area (Å²) in [6.07, 6.45) is 0. The fraction of sp³-hybridized carbons (Fsp3) is 0.316. The van der Waals surface area contributed by atoms with Gasteiger partial charge in [-0.15, -0.1) is 0 Å². The zero-order chi connectivity index (χ0) is 19.4. The number of carbonyl (C=O) groups is 1. The van der Waals surface area contributed by atoms with Crippen molar-refractivity contribution >= 4 is 34.6 Å². The molecule has 0 bridgehead atoms. The van der Waals surface area contributed by atoms with Gasteiger partial charge < -0.3 is 10.2 Å². The summed E-state index contributed by atoms with van der Waals surface area (Å²) in [5.74, 6) is -0.231. The molecule has 1 aliphatic rings. The summed E-state index contributed by atoms with van der Waals surface area (Å²) in [7, 11) is 0. The smallest absolute Gasteiger partial charge is 0.271 e. The number of non-ortho nitro benzene ring substituents is 1.